The summed E-state index contributed by atoms with van der Waals surface area (Å²) in [4.78, 5) is 22.2. The number of aromatic nitrogens is 4. The first-order valence-corrected chi connectivity index (χ1v) is 10.6. The van der Waals surface area contributed by atoms with Gasteiger partial charge in [-0.1, -0.05) is 11.6 Å². The summed E-state index contributed by atoms with van der Waals surface area (Å²) in [6.45, 7) is 3.52. The predicted molar refractivity (Wildman–Crippen MR) is 122 cm³/mol. The number of morpholine rings is 1. The van der Waals surface area contributed by atoms with Crippen molar-refractivity contribution in [3.8, 4) is 11.1 Å². The van der Waals surface area contributed by atoms with E-state index in [9.17, 15) is 9.18 Å². The number of rotatable bonds is 3. The predicted octanol–water partition coefficient (Wildman–Crippen LogP) is 4.00. The molecule has 1 fully saturated rings. The van der Waals surface area contributed by atoms with Gasteiger partial charge < -0.3 is 14.6 Å². The second kappa shape index (κ2) is 8.03. The van der Waals surface area contributed by atoms with Crippen molar-refractivity contribution in [2.75, 3.05) is 24.6 Å². The molecule has 7 nitrogen and oxygen atoms in total. The molecule has 0 radical (unpaired) electrons. The lowest BCUT2D eigenvalue weighted by Gasteiger charge is -2.34. The van der Waals surface area contributed by atoms with E-state index in [1.807, 2.05) is 25.4 Å². The molecule has 0 saturated carbocycles. The van der Waals surface area contributed by atoms with Crippen LogP contribution >= 0.6 is 11.6 Å². The SMILES string of the molecule is Cc1nc2cc(N3CCO[C@@H](c4cnn(C)c4)C3)cc(-c3ccc(Cl)cc3F)c2c(=O)[nH]1. The third kappa shape index (κ3) is 3.76. The number of H-pyrrole nitrogens is 1. The van der Waals surface area contributed by atoms with Gasteiger partial charge >= 0.3 is 0 Å². The Kier molecular flexibility index (Phi) is 5.19. The second-order valence-electron chi connectivity index (χ2n) is 7.92. The van der Waals surface area contributed by atoms with Crippen LogP contribution in [0, 0.1) is 12.7 Å². The Labute approximate surface area is 188 Å². The van der Waals surface area contributed by atoms with Crippen LogP contribution in [0.15, 0.2) is 47.5 Å². The first-order chi connectivity index (χ1) is 15.4. The average Bonchev–Trinajstić information content (AvgIpc) is 3.19. The molecule has 1 atom stereocenters. The Morgan fingerprint density at radius 2 is 2.09 bits per heavy atom. The van der Waals surface area contributed by atoms with Gasteiger partial charge in [-0.2, -0.15) is 5.10 Å². The number of nitrogens with one attached hydrogen (secondary N) is 1. The highest BCUT2D eigenvalue weighted by Crippen LogP contribution is 2.35. The van der Waals surface area contributed by atoms with Gasteiger partial charge in [0.1, 0.15) is 17.7 Å². The number of anilines is 1. The normalized spacial score (nSPS) is 16.6. The summed E-state index contributed by atoms with van der Waals surface area (Å²) in [6, 6.07) is 8.17. The Hall–Kier alpha value is -3.23. The lowest BCUT2D eigenvalue weighted by atomic mass is 9.99. The van der Waals surface area contributed by atoms with Crippen molar-refractivity contribution >= 4 is 28.2 Å². The minimum atomic E-state index is -0.494. The quantitative estimate of drug-likeness (QED) is 0.507. The summed E-state index contributed by atoms with van der Waals surface area (Å²) in [5.41, 5.74) is 2.82. The topological polar surface area (TPSA) is 76.0 Å². The maximum Gasteiger partial charge on any atom is 0.259 e. The van der Waals surface area contributed by atoms with Crippen LogP contribution in [0.4, 0.5) is 10.1 Å². The van der Waals surface area contributed by atoms with E-state index in [4.69, 9.17) is 16.3 Å². The fourth-order valence-corrected chi connectivity index (χ4v) is 4.33. The third-order valence-corrected chi connectivity index (χ3v) is 5.90. The molecule has 0 spiro atoms. The molecule has 164 valence electrons. The first kappa shape index (κ1) is 20.7. The molecule has 0 bridgehead atoms. The Bertz CT molecular complexity index is 1380. The zero-order valence-electron chi connectivity index (χ0n) is 17.6. The first-order valence-electron chi connectivity index (χ1n) is 10.2. The minimum absolute atomic E-state index is 0.141. The van der Waals surface area contributed by atoms with E-state index in [1.54, 1.807) is 29.9 Å². The summed E-state index contributed by atoms with van der Waals surface area (Å²) in [6.07, 6.45) is 3.60. The maximum absolute atomic E-state index is 14.9. The van der Waals surface area contributed by atoms with E-state index in [0.29, 0.717) is 52.6 Å². The molecule has 32 heavy (non-hydrogen) atoms. The number of aryl methyl sites for hydroxylation is 2. The summed E-state index contributed by atoms with van der Waals surface area (Å²) in [5.74, 6) is 0.00327. The lowest BCUT2D eigenvalue weighted by molar-refractivity contribution is 0.0397. The Morgan fingerprint density at radius 1 is 1.25 bits per heavy atom. The summed E-state index contributed by atoms with van der Waals surface area (Å²) in [7, 11) is 1.87. The van der Waals surface area contributed by atoms with Crippen LogP contribution in [0.5, 0.6) is 0 Å². The van der Waals surface area contributed by atoms with Crippen molar-refractivity contribution < 1.29 is 9.13 Å². The highest BCUT2D eigenvalue weighted by atomic mass is 35.5. The molecule has 9 heteroatoms. The molecule has 1 aliphatic rings. The van der Waals surface area contributed by atoms with Crippen molar-refractivity contribution in [2.24, 2.45) is 7.05 Å². The number of hydrogen-bond donors (Lipinski definition) is 1. The highest BCUT2D eigenvalue weighted by molar-refractivity contribution is 6.30. The van der Waals surface area contributed by atoms with Crippen LogP contribution in [0.2, 0.25) is 5.02 Å². The molecule has 0 unspecified atom stereocenters. The second-order valence-corrected chi connectivity index (χ2v) is 8.35. The van der Waals surface area contributed by atoms with Crippen LogP contribution in [0.1, 0.15) is 17.5 Å². The van der Waals surface area contributed by atoms with E-state index in [0.717, 1.165) is 11.3 Å². The fraction of sp³-hybridized carbons (Fsp3) is 0.261. The molecule has 0 aliphatic carbocycles. The zero-order chi connectivity index (χ0) is 22.4. The van der Waals surface area contributed by atoms with Crippen molar-refractivity contribution in [1.82, 2.24) is 19.7 Å². The van der Waals surface area contributed by atoms with Crippen molar-refractivity contribution in [1.29, 1.82) is 0 Å². The summed E-state index contributed by atoms with van der Waals surface area (Å²) in [5, 5.41) is 4.88. The molecule has 0 amide bonds. The van der Waals surface area contributed by atoms with E-state index >= 15 is 0 Å². The van der Waals surface area contributed by atoms with Crippen LogP contribution in [0.25, 0.3) is 22.0 Å². The number of aromatic amines is 1. The minimum Gasteiger partial charge on any atom is -0.370 e. The van der Waals surface area contributed by atoms with E-state index in [-0.39, 0.29) is 11.7 Å². The molecular weight excluding hydrogens is 433 g/mol. The Balaban J connectivity index is 1.64. The van der Waals surface area contributed by atoms with E-state index < -0.39 is 5.82 Å². The molecule has 3 heterocycles. The number of hydrogen-bond acceptors (Lipinski definition) is 5. The lowest BCUT2D eigenvalue weighted by Crippen LogP contribution is -2.38. The summed E-state index contributed by atoms with van der Waals surface area (Å²) >= 11 is 5.95. The molecule has 2 aromatic carbocycles. The van der Waals surface area contributed by atoms with Gasteiger partial charge in [0.15, 0.2) is 0 Å². The number of benzene rings is 2. The maximum atomic E-state index is 14.9. The number of fused-ring (bicyclic) bond motifs is 1. The third-order valence-electron chi connectivity index (χ3n) is 5.66. The number of ether oxygens (including phenoxy) is 1. The molecule has 1 aliphatic heterocycles. The standard InChI is InChI=1S/C23H21ClFN5O2/c1-13-27-20-9-16(30-5-6-32-21(12-30)14-10-26-29(2)11-14)8-18(22(20)23(31)28-13)17-4-3-15(24)7-19(17)25/h3-4,7-11,21H,5-6,12H2,1-2H3,(H,27,28,31)/t21-/m1/s1. The number of nitrogens with zero attached hydrogens (tertiary/aromatic N) is 4. The largest absolute Gasteiger partial charge is 0.370 e. The van der Waals surface area contributed by atoms with Crippen LogP contribution in [0.3, 0.4) is 0 Å². The van der Waals surface area contributed by atoms with Gasteiger partial charge in [-0.15, -0.1) is 0 Å². The van der Waals surface area contributed by atoms with Crippen molar-refractivity contribution in [2.45, 2.75) is 13.0 Å². The number of halogens is 2. The summed E-state index contributed by atoms with van der Waals surface area (Å²) < 4.78 is 22.6. The molecule has 5 rings (SSSR count). The van der Waals surface area contributed by atoms with Gasteiger partial charge in [0, 0.05) is 53.7 Å². The van der Waals surface area contributed by atoms with E-state index in [2.05, 4.69) is 20.0 Å². The van der Waals surface area contributed by atoms with Crippen LogP contribution in [-0.2, 0) is 11.8 Å². The van der Waals surface area contributed by atoms with Gasteiger partial charge in [-0.05, 0) is 37.3 Å². The van der Waals surface area contributed by atoms with E-state index in [1.165, 1.54) is 6.07 Å². The molecule has 4 aromatic rings. The molecule has 1 N–H and O–H groups in total. The monoisotopic (exact) mass is 453 g/mol. The van der Waals surface area contributed by atoms with Crippen LogP contribution < -0.4 is 10.5 Å². The average molecular weight is 454 g/mol. The van der Waals surface area contributed by atoms with Gasteiger partial charge in [0.25, 0.3) is 5.56 Å². The van der Waals surface area contributed by atoms with Gasteiger partial charge in [-0.3, -0.25) is 9.48 Å². The van der Waals surface area contributed by atoms with Gasteiger partial charge in [0.05, 0.1) is 23.7 Å². The zero-order valence-corrected chi connectivity index (χ0v) is 18.4. The van der Waals surface area contributed by atoms with Crippen molar-refractivity contribution in [3.05, 3.63) is 75.3 Å². The molecule has 1 saturated heterocycles. The van der Waals surface area contributed by atoms with Gasteiger partial charge in [-0.25, -0.2) is 9.37 Å². The smallest absolute Gasteiger partial charge is 0.259 e. The molecule has 2 aromatic heterocycles. The molecular formula is C23H21ClFN5O2. The van der Waals surface area contributed by atoms with Gasteiger partial charge in [0.2, 0.25) is 0 Å². The Morgan fingerprint density at radius 3 is 2.84 bits per heavy atom. The van der Waals surface area contributed by atoms with Crippen molar-refractivity contribution in [3.63, 3.8) is 0 Å². The fourth-order valence-electron chi connectivity index (χ4n) is 4.17. The van der Waals surface area contributed by atoms with Crippen LogP contribution in [-0.4, -0.2) is 39.4 Å². The highest BCUT2D eigenvalue weighted by Gasteiger charge is 2.25.